The van der Waals surface area contributed by atoms with Crippen molar-refractivity contribution in [1.82, 2.24) is 19.2 Å². The smallest absolute Gasteiger partial charge is 0.266 e. The minimum absolute atomic E-state index is 0.147. The van der Waals surface area contributed by atoms with Gasteiger partial charge in [0.1, 0.15) is 0 Å². The first-order valence-corrected chi connectivity index (χ1v) is 5.70. The Morgan fingerprint density at radius 2 is 2.11 bits per heavy atom. The van der Waals surface area contributed by atoms with E-state index in [4.69, 9.17) is 0 Å². The maximum absolute atomic E-state index is 12.2. The standard InChI is InChI=1S/C13H12N4O/c1-10-12-6-4-8-16(12)13(18)17(15-10)9-11-5-2-3-7-14-11/h2-8H,9H2,1H3. The van der Waals surface area contributed by atoms with Crippen molar-refractivity contribution in [2.75, 3.05) is 0 Å². The number of rotatable bonds is 2. The molecule has 3 aromatic rings. The highest BCUT2D eigenvalue weighted by Gasteiger charge is 2.07. The first-order valence-electron chi connectivity index (χ1n) is 5.70. The van der Waals surface area contributed by atoms with E-state index < -0.39 is 0 Å². The van der Waals surface area contributed by atoms with Gasteiger partial charge < -0.3 is 0 Å². The summed E-state index contributed by atoms with van der Waals surface area (Å²) in [6.45, 7) is 2.28. The summed E-state index contributed by atoms with van der Waals surface area (Å²) in [6.07, 6.45) is 3.46. The Hall–Kier alpha value is -2.43. The van der Waals surface area contributed by atoms with Gasteiger partial charge in [-0.2, -0.15) is 5.10 Å². The van der Waals surface area contributed by atoms with Crippen LogP contribution < -0.4 is 5.69 Å². The molecule has 0 atom stereocenters. The van der Waals surface area contributed by atoms with Gasteiger partial charge in [0.15, 0.2) is 0 Å². The van der Waals surface area contributed by atoms with Crippen LogP contribution in [-0.2, 0) is 6.54 Å². The van der Waals surface area contributed by atoms with Gasteiger partial charge in [-0.25, -0.2) is 9.48 Å². The van der Waals surface area contributed by atoms with E-state index in [0.717, 1.165) is 16.9 Å². The fourth-order valence-corrected chi connectivity index (χ4v) is 1.99. The maximum atomic E-state index is 12.2. The number of hydrogen-bond donors (Lipinski definition) is 0. The van der Waals surface area contributed by atoms with E-state index in [0.29, 0.717) is 6.54 Å². The van der Waals surface area contributed by atoms with Crippen molar-refractivity contribution in [3.63, 3.8) is 0 Å². The van der Waals surface area contributed by atoms with Crippen molar-refractivity contribution in [3.05, 3.63) is 64.6 Å². The van der Waals surface area contributed by atoms with Gasteiger partial charge in [-0.15, -0.1) is 0 Å². The van der Waals surface area contributed by atoms with Gasteiger partial charge in [0.25, 0.3) is 0 Å². The van der Waals surface area contributed by atoms with E-state index in [1.165, 1.54) is 4.68 Å². The van der Waals surface area contributed by atoms with E-state index in [-0.39, 0.29) is 5.69 Å². The molecular formula is C13H12N4O. The van der Waals surface area contributed by atoms with Crippen LogP contribution in [-0.4, -0.2) is 19.2 Å². The summed E-state index contributed by atoms with van der Waals surface area (Å²) in [7, 11) is 0. The third kappa shape index (κ3) is 1.69. The van der Waals surface area contributed by atoms with Gasteiger partial charge >= 0.3 is 5.69 Å². The highest BCUT2D eigenvalue weighted by atomic mass is 16.2. The van der Waals surface area contributed by atoms with E-state index in [9.17, 15) is 4.79 Å². The van der Waals surface area contributed by atoms with Crippen LogP contribution in [0.1, 0.15) is 11.4 Å². The Morgan fingerprint density at radius 3 is 2.89 bits per heavy atom. The Kier molecular flexibility index (Phi) is 2.44. The zero-order chi connectivity index (χ0) is 12.5. The quantitative estimate of drug-likeness (QED) is 0.677. The van der Waals surface area contributed by atoms with Crippen LogP contribution in [0.15, 0.2) is 47.5 Å². The molecule has 0 N–H and O–H groups in total. The third-order valence-electron chi connectivity index (χ3n) is 2.85. The Morgan fingerprint density at radius 1 is 1.22 bits per heavy atom. The van der Waals surface area contributed by atoms with Crippen LogP contribution in [0.5, 0.6) is 0 Å². The number of fused-ring (bicyclic) bond motifs is 1. The highest BCUT2D eigenvalue weighted by Crippen LogP contribution is 2.05. The monoisotopic (exact) mass is 240 g/mol. The van der Waals surface area contributed by atoms with E-state index in [1.54, 1.807) is 16.8 Å². The minimum Gasteiger partial charge on any atom is -0.266 e. The largest absolute Gasteiger partial charge is 0.349 e. The molecule has 0 radical (unpaired) electrons. The summed E-state index contributed by atoms with van der Waals surface area (Å²) in [5.74, 6) is 0. The predicted octanol–water partition coefficient (Wildman–Crippen LogP) is 1.25. The fourth-order valence-electron chi connectivity index (χ4n) is 1.99. The zero-order valence-electron chi connectivity index (χ0n) is 9.95. The molecule has 0 aromatic carbocycles. The molecule has 3 heterocycles. The minimum atomic E-state index is -0.147. The molecule has 0 amide bonds. The number of pyridine rings is 1. The van der Waals surface area contributed by atoms with Crippen molar-refractivity contribution in [3.8, 4) is 0 Å². The van der Waals surface area contributed by atoms with Gasteiger partial charge in [0, 0.05) is 12.4 Å². The number of aryl methyl sites for hydroxylation is 1. The predicted molar refractivity (Wildman–Crippen MR) is 67.5 cm³/mol. The van der Waals surface area contributed by atoms with Gasteiger partial charge in [-0.1, -0.05) is 6.07 Å². The van der Waals surface area contributed by atoms with Gasteiger partial charge in [0.2, 0.25) is 0 Å². The zero-order valence-corrected chi connectivity index (χ0v) is 9.95. The molecule has 0 saturated heterocycles. The van der Waals surface area contributed by atoms with Crippen molar-refractivity contribution in [2.24, 2.45) is 0 Å². The summed E-state index contributed by atoms with van der Waals surface area (Å²) in [6, 6.07) is 9.35. The van der Waals surface area contributed by atoms with Crippen molar-refractivity contribution < 1.29 is 0 Å². The molecule has 0 aliphatic carbocycles. The lowest BCUT2D eigenvalue weighted by molar-refractivity contribution is 0.590. The molecule has 0 bridgehead atoms. The van der Waals surface area contributed by atoms with Crippen LogP contribution in [0.3, 0.4) is 0 Å². The molecule has 0 unspecified atom stereocenters. The molecule has 3 rings (SSSR count). The number of nitrogens with zero attached hydrogens (tertiary/aromatic N) is 4. The Labute approximate surface area is 103 Å². The van der Waals surface area contributed by atoms with Crippen molar-refractivity contribution in [1.29, 1.82) is 0 Å². The molecule has 0 aliphatic heterocycles. The molecule has 5 nitrogen and oxygen atoms in total. The molecule has 18 heavy (non-hydrogen) atoms. The van der Waals surface area contributed by atoms with Crippen LogP contribution in [0.25, 0.3) is 5.52 Å². The van der Waals surface area contributed by atoms with Crippen molar-refractivity contribution in [2.45, 2.75) is 13.5 Å². The molecule has 0 saturated carbocycles. The lowest BCUT2D eigenvalue weighted by atomic mass is 10.3. The average molecular weight is 240 g/mol. The van der Waals surface area contributed by atoms with E-state index in [2.05, 4.69) is 10.1 Å². The first-order chi connectivity index (χ1) is 8.75. The first kappa shape index (κ1) is 10.7. The van der Waals surface area contributed by atoms with Crippen LogP contribution in [0.2, 0.25) is 0 Å². The Balaban J connectivity index is 2.13. The van der Waals surface area contributed by atoms with Gasteiger partial charge in [-0.3, -0.25) is 9.38 Å². The van der Waals surface area contributed by atoms with Crippen LogP contribution in [0, 0.1) is 6.92 Å². The molecule has 0 aliphatic rings. The second-order valence-electron chi connectivity index (χ2n) is 4.11. The molecular weight excluding hydrogens is 228 g/mol. The molecule has 0 fully saturated rings. The molecule has 90 valence electrons. The Bertz CT molecular complexity index is 743. The summed E-state index contributed by atoms with van der Waals surface area (Å²) in [5.41, 5.74) is 2.34. The average Bonchev–Trinajstić information content (AvgIpc) is 2.87. The lowest BCUT2D eigenvalue weighted by Crippen LogP contribution is -2.30. The van der Waals surface area contributed by atoms with Gasteiger partial charge in [-0.05, 0) is 31.2 Å². The third-order valence-corrected chi connectivity index (χ3v) is 2.85. The highest BCUT2D eigenvalue weighted by molar-refractivity contribution is 5.50. The topological polar surface area (TPSA) is 52.2 Å². The summed E-state index contributed by atoms with van der Waals surface area (Å²) in [4.78, 5) is 16.4. The lowest BCUT2D eigenvalue weighted by Gasteiger charge is -2.07. The van der Waals surface area contributed by atoms with Crippen molar-refractivity contribution >= 4 is 5.52 Å². The second-order valence-corrected chi connectivity index (χ2v) is 4.11. The summed E-state index contributed by atoms with van der Waals surface area (Å²) >= 11 is 0. The van der Waals surface area contributed by atoms with E-state index >= 15 is 0 Å². The second kappa shape index (κ2) is 4.10. The van der Waals surface area contributed by atoms with Gasteiger partial charge in [0.05, 0.1) is 23.4 Å². The summed E-state index contributed by atoms with van der Waals surface area (Å²) < 4.78 is 3.04. The van der Waals surface area contributed by atoms with Crippen LogP contribution in [0.4, 0.5) is 0 Å². The number of hydrogen-bond acceptors (Lipinski definition) is 3. The number of aromatic nitrogens is 4. The molecule has 3 aromatic heterocycles. The molecule has 5 heteroatoms. The SMILES string of the molecule is Cc1nn(Cc2ccccn2)c(=O)n2cccc12. The summed E-state index contributed by atoms with van der Waals surface area (Å²) in [5, 5.41) is 4.31. The normalized spacial score (nSPS) is 10.9. The van der Waals surface area contributed by atoms with E-state index in [1.807, 2.05) is 37.3 Å². The van der Waals surface area contributed by atoms with Crippen LogP contribution >= 0.6 is 0 Å². The molecule has 0 spiro atoms. The fraction of sp³-hybridized carbons (Fsp3) is 0.154. The maximum Gasteiger partial charge on any atom is 0.349 e.